The van der Waals surface area contributed by atoms with Gasteiger partial charge in [0.15, 0.2) is 5.78 Å². The zero-order valence-electron chi connectivity index (χ0n) is 12.5. The topological polar surface area (TPSA) is 34.9 Å². The monoisotopic (exact) mass is 366 g/mol. The minimum atomic E-state index is 0.137. The van der Waals surface area contributed by atoms with Gasteiger partial charge in [-0.15, -0.1) is 11.8 Å². The van der Waals surface area contributed by atoms with Crippen LogP contribution in [0, 0.1) is 0 Å². The Balaban J connectivity index is 2.33. The van der Waals surface area contributed by atoms with Crippen molar-refractivity contribution >= 4 is 33.5 Å². The summed E-state index contributed by atoms with van der Waals surface area (Å²) in [4.78, 5) is 13.7. The lowest BCUT2D eigenvalue weighted by Gasteiger charge is -2.08. The van der Waals surface area contributed by atoms with Crippen molar-refractivity contribution in [3.8, 4) is 0 Å². The van der Waals surface area contributed by atoms with E-state index in [-0.39, 0.29) is 5.78 Å². The van der Waals surface area contributed by atoms with Crippen LogP contribution in [0.4, 0.5) is 0 Å². The molecule has 2 rings (SSSR count). The predicted octanol–water partition coefficient (Wildman–Crippen LogP) is 4.38. The van der Waals surface area contributed by atoms with Gasteiger partial charge >= 0.3 is 0 Å². The molecule has 3 nitrogen and oxygen atoms in total. The van der Waals surface area contributed by atoms with E-state index in [0.717, 1.165) is 39.3 Å². The highest BCUT2D eigenvalue weighted by atomic mass is 79.9. The summed E-state index contributed by atoms with van der Waals surface area (Å²) in [6, 6.07) is 7.76. The second-order valence-corrected chi connectivity index (χ2v) is 6.32. The molecule has 0 unspecified atom stereocenters. The largest absolute Gasteiger partial charge is 0.294 e. The lowest BCUT2D eigenvalue weighted by Crippen LogP contribution is -2.11. The van der Waals surface area contributed by atoms with Gasteiger partial charge in [-0.1, -0.05) is 25.1 Å². The Morgan fingerprint density at radius 2 is 2.05 bits per heavy atom. The summed E-state index contributed by atoms with van der Waals surface area (Å²) in [6.07, 6.45) is 3.22. The molecule has 0 atom stereocenters. The third-order valence-corrected chi connectivity index (χ3v) is 5.14. The van der Waals surface area contributed by atoms with E-state index in [2.05, 4.69) is 28.0 Å². The van der Waals surface area contributed by atoms with Crippen LogP contribution < -0.4 is 0 Å². The van der Waals surface area contributed by atoms with Crippen LogP contribution in [0.5, 0.6) is 0 Å². The number of ketones is 1. The summed E-state index contributed by atoms with van der Waals surface area (Å²) in [6.45, 7) is 4.88. The molecular weight excluding hydrogens is 348 g/mol. The van der Waals surface area contributed by atoms with Gasteiger partial charge in [-0.25, -0.2) is 0 Å². The molecule has 5 heteroatoms. The molecule has 21 heavy (non-hydrogen) atoms. The summed E-state index contributed by atoms with van der Waals surface area (Å²) in [7, 11) is 0. The number of benzene rings is 1. The first kappa shape index (κ1) is 16.3. The van der Waals surface area contributed by atoms with Crippen molar-refractivity contribution in [1.82, 2.24) is 9.78 Å². The second-order valence-electron chi connectivity index (χ2n) is 4.68. The van der Waals surface area contributed by atoms with Crippen molar-refractivity contribution in [2.75, 3.05) is 6.26 Å². The van der Waals surface area contributed by atoms with Crippen LogP contribution in [0.3, 0.4) is 0 Å². The van der Waals surface area contributed by atoms with E-state index >= 15 is 0 Å². The zero-order valence-corrected chi connectivity index (χ0v) is 14.9. The molecule has 112 valence electrons. The predicted molar refractivity (Wildman–Crippen MR) is 91.2 cm³/mol. The molecule has 1 aromatic heterocycles. The molecule has 0 amide bonds. The summed E-state index contributed by atoms with van der Waals surface area (Å²) in [5, 5.41) is 4.55. The Morgan fingerprint density at radius 1 is 1.33 bits per heavy atom. The molecule has 0 radical (unpaired) electrons. The van der Waals surface area contributed by atoms with Crippen molar-refractivity contribution < 1.29 is 4.79 Å². The normalized spacial score (nSPS) is 10.9. The maximum absolute atomic E-state index is 12.6. The van der Waals surface area contributed by atoms with Crippen molar-refractivity contribution in [3.05, 3.63) is 45.7 Å². The number of nitrogens with zero attached hydrogens (tertiary/aromatic N) is 2. The average molecular weight is 367 g/mol. The molecule has 0 spiro atoms. The highest BCUT2D eigenvalue weighted by Crippen LogP contribution is 2.26. The van der Waals surface area contributed by atoms with Gasteiger partial charge in [-0.3, -0.25) is 9.48 Å². The van der Waals surface area contributed by atoms with E-state index in [4.69, 9.17) is 0 Å². The van der Waals surface area contributed by atoms with Crippen LogP contribution in [0.15, 0.2) is 33.6 Å². The van der Waals surface area contributed by atoms with Crippen molar-refractivity contribution in [2.24, 2.45) is 0 Å². The molecule has 0 saturated heterocycles. The number of carbonyl (C=O) groups excluding carboxylic acids is 1. The van der Waals surface area contributed by atoms with Crippen LogP contribution in [0.2, 0.25) is 0 Å². The first-order valence-electron chi connectivity index (χ1n) is 7.02. The molecule has 0 aliphatic rings. The fraction of sp³-hybridized carbons (Fsp3) is 0.375. The zero-order chi connectivity index (χ0) is 15.4. The van der Waals surface area contributed by atoms with E-state index in [1.165, 1.54) is 0 Å². The number of hydrogen-bond acceptors (Lipinski definition) is 3. The molecule has 1 aromatic carbocycles. The lowest BCUT2D eigenvalue weighted by atomic mass is 10.1. The van der Waals surface area contributed by atoms with E-state index in [0.29, 0.717) is 6.42 Å². The van der Waals surface area contributed by atoms with Crippen LogP contribution in [-0.2, 0) is 19.4 Å². The summed E-state index contributed by atoms with van der Waals surface area (Å²) in [5.41, 5.74) is 2.77. The van der Waals surface area contributed by atoms with E-state index in [1.807, 2.05) is 42.1 Å². The van der Waals surface area contributed by atoms with Crippen LogP contribution >= 0.6 is 27.7 Å². The number of hydrogen-bond donors (Lipinski definition) is 0. The SMILES string of the molecule is CCc1nn(CC)c(CC(=O)c2ccccc2SC)c1Br. The number of halogens is 1. The number of aromatic nitrogens is 2. The number of aryl methyl sites for hydroxylation is 2. The average Bonchev–Trinajstić information content (AvgIpc) is 2.83. The summed E-state index contributed by atoms with van der Waals surface area (Å²) < 4.78 is 2.89. The maximum Gasteiger partial charge on any atom is 0.169 e. The van der Waals surface area contributed by atoms with E-state index in [1.54, 1.807) is 11.8 Å². The van der Waals surface area contributed by atoms with Gasteiger partial charge in [0.2, 0.25) is 0 Å². The molecular formula is C16H19BrN2OS. The summed E-state index contributed by atoms with van der Waals surface area (Å²) in [5.74, 6) is 0.137. The molecule has 0 aliphatic carbocycles. The fourth-order valence-corrected chi connectivity index (χ4v) is 3.63. The Kier molecular flexibility index (Phi) is 5.65. The molecule has 0 N–H and O–H groups in total. The van der Waals surface area contributed by atoms with Gasteiger partial charge in [0, 0.05) is 17.0 Å². The first-order valence-corrected chi connectivity index (χ1v) is 9.04. The van der Waals surface area contributed by atoms with Gasteiger partial charge in [-0.05, 0) is 41.6 Å². The number of carbonyl (C=O) groups is 1. The van der Waals surface area contributed by atoms with Crippen LogP contribution in [-0.4, -0.2) is 21.8 Å². The first-order chi connectivity index (χ1) is 10.1. The molecule has 0 aliphatic heterocycles. The summed E-state index contributed by atoms with van der Waals surface area (Å²) >= 11 is 5.20. The Bertz CT molecular complexity index is 652. The minimum absolute atomic E-state index is 0.137. The second kappa shape index (κ2) is 7.27. The van der Waals surface area contributed by atoms with E-state index < -0.39 is 0 Å². The Morgan fingerprint density at radius 3 is 2.67 bits per heavy atom. The quantitative estimate of drug-likeness (QED) is 0.562. The highest BCUT2D eigenvalue weighted by Gasteiger charge is 2.19. The Labute approximate surface area is 138 Å². The van der Waals surface area contributed by atoms with Crippen LogP contribution in [0.25, 0.3) is 0 Å². The third-order valence-electron chi connectivity index (χ3n) is 3.43. The number of thioether (sulfide) groups is 1. The van der Waals surface area contributed by atoms with Gasteiger partial charge in [-0.2, -0.15) is 5.10 Å². The number of rotatable bonds is 6. The minimum Gasteiger partial charge on any atom is -0.294 e. The molecule has 2 aromatic rings. The molecule has 0 saturated carbocycles. The molecule has 0 bridgehead atoms. The van der Waals surface area contributed by atoms with Gasteiger partial charge in [0.1, 0.15) is 0 Å². The third kappa shape index (κ3) is 3.40. The van der Waals surface area contributed by atoms with E-state index in [9.17, 15) is 4.79 Å². The van der Waals surface area contributed by atoms with Gasteiger partial charge in [0.05, 0.1) is 22.3 Å². The fourth-order valence-electron chi connectivity index (χ4n) is 2.31. The smallest absolute Gasteiger partial charge is 0.169 e. The standard InChI is InChI=1S/C16H19BrN2OS/c1-4-12-16(17)13(19(5-2)18-12)10-14(20)11-8-6-7-9-15(11)21-3/h6-9H,4-5,10H2,1-3H3. The highest BCUT2D eigenvalue weighted by molar-refractivity contribution is 9.10. The van der Waals surface area contributed by atoms with Crippen molar-refractivity contribution in [3.63, 3.8) is 0 Å². The van der Waals surface area contributed by atoms with Gasteiger partial charge in [0.25, 0.3) is 0 Å². The number of Topliss-reactive ketones (excluding diaryl/α,β-unsaturated/α-hetero) is 1. The molecule has 0 fully saturated rings. The molecule has 1 heterocycles. The van der Waals surface area contributed by atoms with Crippen molar-refractivity contribution in [1.29, 1.82) is 0 Å². The van der Waals surface area contributed by atoms with Gasteiger partial charge < -0.3 is 0 Å². The lowest BCUT2D eigenvalue weighted by molar-refractivity contribution is 0.0987. The Hall–Kier alpha value is -1.07. The maximum atomic E-state index is 12.6. The van der Waals surface area contributed by atoms with Crippen LogP contribution in [0.1, 0.15) is 35.6 Å². The van der Waals surface area contributed by atoms with Crippen molar-refractivity contribution in [2.45, 2.75) is 38.1 Å².